The summed E-state index contributed by atoms with van der Waals surface area (Å²) in [7, 11) is 3.65. The molecular formula is C24H37N5O2. The number of para-hydroxylation sites is 1. The van der Waals surface area contributed by atoms with E-state index in [1.54, 1.807) is 13.1 Å². The van der Waals surface area contributed by atoms with Crippen LogP contribution in [-0.2, 0) is 0 Å². The van der Waals surface area contributed by atoms with Gasteiger partial charge in [0.1, 0.15) is 11.4 Å². The highest BCUT2D eigenvalue weighted by Gasteiger charge is 2.25. The van der Waals surface area contributed by atoms with Crippen molar-refractivity contribution >= 4 is 29.2 Å². The van der Waals surface area contributed by atoms with Crippen LogP contribution in [0.2, 0.25) is 0 Å². The van der Waals surface area contributed by atoms with Gasteiger partial charge < -0.3 is 20.0 Å². The van der Waals surface area contributed by atoms with E-state index in [0.717, 1.165) is 43.7 Å². The van der Waals surface area contributed by atoms with Crippen LogP contribution in [0.3, 0.4) is 0 Å². The summed E-state index contributed by atoms with van der Waals surface area (Å²) >= 11 is 0. The smallest absolute Gasteiger partial charge is 0.298 e. The molecular weight excluding hydrogens is 390 g/mol. The number of aromatic nitrogens is 1. The maximum atomic E-state index is 11.0. The Morgan fingerprint density at radius 2 is 2.19 bits per heavy atom. The van der Waals surface area contributed by atoms with Gasteiger partial charge in [-0.25, -0.2) is 0 Å². The number of aliphatic imine (C=N–C) groups is 1. The summed E-state index contributed by atoms with van der Waals surface area (Å²) in [6, 6.07) is 6.47. The quantitative estimate of drug-likeness (QED) is 0.413. The number of nitrogens with zero attached hydrogens (tertiary/aromatic N) is 3. The fraction of sp³-hybridized carbons (Fsp3) is 0.542. The number of carbonyl (C=O) groups excluding carboxylic acids is 1. The lowest BCUT2D eigenvalue weighted by atomic mass is 9.99. The van der Waals surface area contributed by atoms with Gasteiger partial charge in [0, 0.05) is 45.3 Å². The van der Waals surface area contributed by atoms with E-state index in [0.29, 0.717) is 40.6 Å². The van der Waals surface area contributed by atoms with Crippen LogP contribution in [0.4, 0.5) is 6.01 Å². The molecule has 2 heterocycles. The zero-order valence-corrected chi connectivity index (χ0v) is 19.7. The number of rotatable bonds is 6. The summed E-state index contributed by atoms with van der Waals surface area (Å²) in [4.78, 5) is 21.8. The topological polar surface area (TPSA) is 82.8 Å². The molecule has 2 aromatic rings. The van der Waals surface area contributed by atoms with Gasteiger partial charge in [-0.1, -0.05) is 40.3 Å². The number of hydrogen-bond donors (Lipinski definition) is 2. The number of aldehydes is 1. The van der Waals surface area contributed by atoms with E-state index >= 15 is 0 Å². The van der Waals surface area contributed by atoms with Gasteiger partial charge in [0.05, 0.1) is 0 Å². The molecule has 0 radical (unpaired) electrons. The molecule has 2 atom stereocenters. The van der Waals surface area contributed by atoms with Crippen molar-refractivity contribution in [2.45, 2.75) is 40.2 Å². The first-order valence-corrected chi connectivity index (χ1v) is 11.0. The third-order valence-electron chi connectivity index (χ3n) is 5.82. The Bertz CT molecular complexity index is 903. The molecule has 1 aromatic heterocycles. The molecule has 31 heavy (non-hydrogen) atoms. The number of carbonyl (C=O) groups is 1. The summed E-state index contributed by atoms with van der Waals surface area (Å²) < 4.78 is 5.81. The Kier molecular flexibility index (Phi) is 9.24. The van der Waals surface area contributed by atoms with E-state index in [4.69, 9.17) is 4.42 Å². The second-order valence-electron chi connectivity index (χ2n) is 8.22. The van der Waals surface area contributed by atoms with Gasteiger partial charge in [-0.3, -0.25) is 9.79 Å². The Morgan fingerprint density at radius 3 is 2.77 bits per heavy atom. The summed E-state index contributed by atoms with van der Waals surface area (Å²) in [5.41, 5.74) is 2.99. The number of anilines is 1. The third kappa shape index (κ3) is 6.17. The van der Waals surface area contributed by atoms with Gasteiger partial charge in [0.25, 0.3) is 6.01 Å². The van der Waals surface area contributed by atoms with Crippen molar-refractivity contribution in [1.82, 2.24) is 15.6 Å². The van der Waals surface area contributed by atoms with Crippen molar-refractivity contribution in [2.75, 3.05) is 38.6 Å². The molecule has 1 aromatic carbocycles. The van der Waals surface area contributed by atoms with Gasteiger partial charge in [-0.05, 0) is 36.0 Å². The Morgan fingerprint density at radius 1 is 1.45 bits per heavy atom. The normalized spacial score (nSPS) is 17.8. The molecule has 0 aliphatic carbocycles. The molecule has 1 aliphatic heterocycles. The van der Waals surface area contributed by atoms with E-state index < -0.39 is 0 Å². The molecule has 170 valence electrons. The molecule has 7 nitrogen and oxygen atoms in total. The zero-order valence-electron chi connectivity index (χ0n) is 19.7. The fourth-order valence-corrected chi connectivity index (χ4v) is 3.48. The lowest BCUT2D eigenvalue weighted by Gasteiger charge is -2.34. The summed E-state index contributed by atoms with van der Waals surface area (Å²) in [5.74, 6) is 1.99. The summed E-state index contributed by atoms with van der Waals surface area (Å²) in [6.45, 7) is 15.4. The lowest BCUT2D eigenvalue weighted by Crippen LogP contribution is -2.53. The SMILES string of the molecule is C=C(C(=NC)NC)C(C)CC.CC(C)C1CN(c2nc3c(C=O)cccc3o2)CCN1. The molecule has 0 saturated carbocycles. The molecule has 0 amide bonds. The highest BCUT2D eigenvalue weighted by molar-refractivity contribution is 5.97. The first kappa shape index (κ1) is 24.6. The minimum Gasteiger partial charge on any atom is -0.423 e. The highest BCUT2D eigenvalue weighted by Crippen LogP contribution is 2.25. The van der Waals surface area contributed by atoms with Crippen molar-refractivity contribution in [2.24, 2.45) is 16.8 Å². The van der Waals surface area contributed by atoms with Crippen molar-refractivity contribution in [3.63, 3.8) is 0 Å². The van der Waals surface area contributed by atoms with Crippen LogP contribution in [0.15, 0.2) is 39.8 Å². The van der Waals surface area contributed by atoms with Crippen molar-refractivity contribution in [1.29, 1.82) is 0 Å². The van der Waals surface area contributed by atoms with Gasteiger partial charge in [0.15, 0.2) is 11.9 Å². The van der Waals surface area contributed by atoms with E-state index in [9.17, 15) is 4.79 Å². The maximum Gasteiger partial charge on any atom is 0.298 e. The van der Waals surface area contributed by atoms with Crippen LogP contribution < -0.4 is 15.5 Å². The molecule has 7 heteroatoms. The minimum atomic E-state index is 0.435. The average molecular weight is 428 g/mol. The molecule has 0 spiro atoms. The van der Waals surface area contributed by atoms with Crippen LogP contribution >= 0.6 is 0 Å². The third-order valence-corrected chi connectivity index (χ3v) is 5.82. The molecule has 2 unspecified atom stereocenters. The molecule has 1 fully saturated rings. The monoisotopic (exact) mass is 427 g/mol. The van der Waals surface area contributed by atoms with Crippen molar-refractivity contribution < 1.29 is 9.21 Å². The fourth-order valence-electron chi connectivity index (χ4n) is 3.48. The number of oxazole rings is 1. The Balaban J connectivity index is 0.000000267. The summed E-state index contributed by atoms with van der Waals surface area (Å²) in [6.07, 6.45) is 1.93. The van der Waals surface area contributed by atoms with Crippen molar-refractivity contribution in [3.8, 4) is 0 Å². The molecule has 1 aliphatic rings. The van der Waals surface area contributed by atoms with E-state index in [1.807, 2.05) is 19.2 Å². The number of amidine groups is 1. The average Bonchev–Trinajstić information content (AvgIpc) is 3.24. The molecule has 2 N–H and O–H groups in total. The maximum absolute atomic E-state index is 11.0. The number of benzene rings is 1. The number of fused-ring (bicyclic) bond motifs is 1. The number of piperazine rings is 1. The van der Waals surface area contributed by atoms with E-state index in [2.05, 4.69) is 59.8 Å². The molecule has 1 saturated heterocycles. The number of likely N-dealkylation sites (N-methyl/N-ethyl adjacent to an activating group) is 1. The van der Waals surface area contributed by atoms with Crippen LogP contribution in [0, 0.1) is 11.8 Å². The first-order valence-electron chi connectivity index (χ1n) is 11.0. The largest absolute Gasteiger partial charge is 0.423 e. The highest BCUT2D eigenvalue weighted by atomic mass is 16.4. The Labute approximate surface area is 186 Å². The number of hydrogen-bond acceptors (Lipinski definition) is 6. The minimum absolute atomic E-state index is 0.435. The second kappa shape index (κ2) is 11.6. The summed E-state index contributed by atoms with van der Waals surface area (Å²) in [5, 5.41) is 6.52. The van der Waals surface area contributed by atoms with Crippen LogP contribution in [0.5, 0.6) is 0 Å². The molecule has 3 rings (SSSR count). The van der Waals surface area contributed by atoms with Crippen molar-refractivity contribution in [3.05, 3.63) is 35.9 Å². The van der Waals surface area contributed by atoms with Crippen LogP contribution in [0.25, 0.3) is 11.1 Å². The standard InChI is InChI=1S/C15H19N3O2.C9H18N2/c1-10(2)12-8-18(7-6-16-12)15-17-14-11(9-19)4-3-5-13(14)20-15;1-6-7(2)8(3)9(10-4)11-5/h3-5,9-10,12,16H,6-8H2,1-2H3;7H,3,6H2,1-2,4-5H3,(H,10,11). The van der Waals surface area contributed by atoms with Gasteiger partial charge in [-0.15, -0.1) is 0 Å². The predicted molar refractivity (Wildman–Crippen MR) is 129 cm³/mol. The van der Waals surface area contributed by atoms with E-state index in [1.165, 1.54) is 0 Å². The van der Waals surface area contributed by atoms with Gasteiger partial charge in [0.2, 0.25) is 0 Å². The molecule has 0 bridgehead atoms. The number of nitrogens with one attached hydrogen (secondary N) is 2. The van der Waals surface area contributed by atoms with Crippen LogP contribution in [0.1, 0.15) is 44.5 Å². The first-order chi connectivity index (χ1) is 14.9. The Hall–Kier alpha value is -2.67. The predicted octanol–water partition coefficient (Wildman–Crippen LogP) is 3.91. The lowest BCUT2D eigenvalue weighted by molar-refractivity contribution is 0.112. The van der Waals surface area contributed by atoms with Gasteiger partial charge >= 0.3 is 0 Å². The second-order valence-corrected chi connectivity index (χ2v) is 8.22. The zero-order chi connectivity index (χ0) is 23.0. The van der Waals surface area contributed by atoms with Gasteiger partial charge in [-0.2, -0.15) is 4.98 Å². The van der Waals surface area contributed by atoms with E-state index in [-0.39, 0.29) is 0 Å². The van der Waals surface area contributed by atoms with Crippen LogP contribution in [-0.4, -0.2) is 56.9 Å².